The van der Waals surface area contributed by atoms with Gasteiger partial charge in [-0.15, -0.1) is 0 Å². The summed E-state index contributed by atoms with van der Waals surface area (Å²) in [5, 5.41) is 18.9. The monoisotopic (exact) mass is 314 g/mol. The van der Waals surface area contributed by atoms with Crippen LogP contribution in [0.25, 0.3) is 0 Å². The minimum absolute atomic E-state index is 0.134. The molecule has 2 aromatic rings. The van der Waals surface area contributed by atoms with Gasteiger partial charge in [-0.2, -0.15) is 5.26 Å². The maximum Gasteiger partial charge on any atom is 0.338 e. The molecule has 0 unspecified atom stereocenters. The Labute approximate surface area is 132 Å². The number of nitrogens with zero attached hydrogens (tertiary/aromatic N) is 2. The Morgan fingerprint density at radius 1 is 1.41 bits per heavy atom. The molecule has 6 heteroatoms. The van der Waals surface area contributed by atoms with Gasteiger partial charge in [0.15, 0.2) is 0 Å². The number of thioether (sulfide) groups is 1. The van der Waals surface area contributed by atoms with Crippen LogP contribution in [-0.2, 0) is 18.6 Å². The van der Waals surface area contributed by atoms with Crippen LogP contribution >= 0.6 is 11.8 Å². The topological polar surface area (TPSA) is 87.1 Å². The lowest BCUT2D eigenvalue weighted by atomic mass is 9.95. The molecule has 2 heterocycles. The highest BCUT2D eigenvalue weighted by Crippen LogP contribution is 2.29. The quantitative estimate of drug-likeness (QED) is 0.870. The Bertz CT molecular complexity index is 761. The van der Waals surface area contributed by atoms with Gasteiger partial charge in [0.25, 0.3) is 0 Å². The lowest BCUT2D eigenvalue weighted by Gasteiger charge is -2.16. The van der Waals surface area contributed by atoms with Crippen molar-refractivity contribution in [3.8, 4) is 6.07 Å². The SMILES string of the molecule is N#Cc1cc2c(nc1SCc1cc(C(=O)O)co1)CCCC2. The zero-order valence-corrected chi connectivity index (χ0v) is 12.7. The van der Waals surface area contributed by atoms with Gasteiger partial charge < -0.3 is 9.52 Å². The zero-order valence-electron chi connectivity index (χ0n) is 11.8. The van der Waals surface area contributed by atoms with Gasteiger partial charge >= 0.3 is 5.97 Å². The second-order valence-corrected chi connectivity index (χ2v) is 6.13. The van der Waals surface area contributed by atoms with E-state index in [1.165, 1.54) is 29.7 Å². The third kappa shape index (κ3) is 3.00. The van der Waals surface area contributed by atoms with Gasteiger partial charge in [0.1, 0.15) is 23.1 Å². The molecule has 0 aromatic carbocycles. The molecule has 5 nitrogen and oxygen atoms in total. The standard InChI is InChI=1S/C16H14N2O3S/c17-7-11-5-10-3-1-2-4-14(10)18-15(11)22-9-13-6-12(8-21-13)16(19)20/h5-6,8H,1-4,9H2,(H,19,20). The Hall–Kier alpha value is -2.26. The summed E-state index contributed by atoms with van der Waals surface area (Å²) in [5.41, 5.74) is 2.97. The third-order valence-corrected chi connectivity index (χ3v) is 4.65. The maximum absolute atomic E-state index is 10.8. The van der Waals surface area contributed by atoms with Crippen molar-refractivity contribution >= 4 is 17.7 Å². The molecule has 22 heavy (non-hydrogen) atoms. The van der Waals surface area contributed by atoms with E-state index in [2.05, 4.69) is 11.1 Å². The number of furan rings is 1. The number of aromatic nitrogens is 1. The van der Waals surface area contributed by atoms with E-state index in [1.807, 2.05) is 6.07 Å². The summed E-state index contributed by atoms with van der Waals surface area (Å²) < 4.78 is 5.22. The van der Waals surface area contributed by atoms with Crippen molar-refractivity contribution in [1.29, 1.82) is 5.26 Å². The highest BCUT2D eigenvalue weighted by atomic mass is 32.2. The van der Waals surface area contributed by atoms with Crippen LogP contribution in [0, 0.1) is 11.3 Å². The number of pyridine rings is 1. The van der Waals surface area contributed by atoms with Crippen LogP contribution in [0.4, 0.5) is 0 Å². The molecule has 1 aliphatic rings. The molecule has 0 spiro atoms. The highest BCUT2D eigenvalue weighted by molar-refractivity contribution is 7.98. The lowest BCUT2D eigenvalue weighted by molar-refractivity contribution is 0.0696. The second kappa shape index (κ2) is 6.24. The van der Waals surface area contributed by atoms with E-state index in [0.717, 1.165) is 31.4 Å². The largest absolute Gasteiger partial charge is 0.478 e. The van der Waals surface area contributed by atoms with E-state index in [1.54, 1.807) is 0 Å². The number of hydrogen-bond acceptors (Lipinski definition) is 5. The van der Waals surface area contributed by atoms with Crippen molar-refractivity contribution in [3.63, 3.8) is 0 Å². The highest BCUT2D eigenvalue weighted by Gasteiger charge is 2.16. The minimum Gasteiger partial charge on any atom is -0.478 e. The molecule has 0 bridgehead atoms. The lowest BCUT2D eigenvalue weighted by Crippen LogP contribution is -2.07. The number of aromatic carboxylic acids is 1. The third-order valence-electron chi connectivity index (χ3n) is 3.64. The summed E-state index contributed by atoms with van der Waals surface area (Å²) in [6, 6.07) is 5.64. The maximum atomic E-state index is 10.8. The molecule has 0 aliphatic heterocycles. The van der Waals surface area contributed by atoms with E-state index < -0.39 is 5.97 Å². The Balaban J connectivity index is 1.79. The van der Waals surface area contributed by atoms with E-state index in [0.29, 0.717) is 22.1 Å². The van der Waals surface area contributed by atoms with Crippen molar-refractivity contribution in [3.05, 3.63) is 46.5 Å². The molecular weight excluding hydrogens is 300 g/mol. The van der Waals surface area contributed by atoms with Gasteiger partial charge in [0.2, 0.25) is 0 Å². The van der Waals surface area contributed by atoms with E-state index in [4.69, 9.17) is 9.52 Å². The first-order valence-corrected chi connectivity index (χ1v) is 8.02. The fourth-order valence-electron chi connectivity index (χ4n) is 2.51. The van der Waals surface area contributed by atoms with Gasteiger partial charge in [-0.3, -0.25) is 0 Å². The summed E-state index contributed by atoms with van der Waals surface area (Å²) in [6.07, 6.45) is 5.46. The van der Waals surface area contributed by atoms with Gasteiger partial charge in [0, 0.05) is 5.69 Å². The van der Waals surface area contributed by atoms with Crippen LogP contribution < -0.4 is 0 Å². The number of rotatable bonds is 4. The number of aryl methyl sites for hydroxylation is 2. The molecule has 0 radical (unpaired) electrons. The van der Waals surface area contributed by atoms with E-state index in [9.17, 15) is 10.1 Å². The van der Waals surface area contributed by atoms with E-state index in [-0.39, 0.29) is 5.56 Å². The summed E-state index contributed by atoms with van der Waals surface area (Å²) in [4.78, 5) is 15.5. The minimum atomic E-state index is -1.01. The number of nitriles is 1. The molecule has 0 saturated heterocycles. The first kappa shape index (κ1) is 14.7. The predicted molar refractivity (Wildman–Crippen MR) is 80.8 cm³/mol. The molecule has 1 N–H and O–H groups in total. The van der Waals surface area contributed by atoms with Crippen molar-refractivity contribution < 1.29 is 14.3 Å². The Morgan fingerprint density at radius 2 is 2.23 bits per heavy atom. The number of carbonyl (C=O) groups is 1. The molecule has 0 atom stereocenters. The molecule has 3 rings (SSSR count). The smallest absolute Gasteiger partial charge is 0.338 e. The predicted octanol–water partition coefficient (Wildman–Crippen LogP) is 3.42. The van der Waals surface area contributed by atoms with E-state index >= 15 is 0 Å². The first-order valence-electron chi connectivity index (χ1n) is 7.04. The molecule has 0 fully saturated rings. The molecule has 0 saturated carbocycles. The normalized spacial score (nSPS) is 13.4. The first-order chi connectivity index (χ1) is 10.7. The average molecular weight is 314 g/mol. The van der Waals surface area contributed by atoms with Crippen molar-refractivity contribution in [2.75, 3.05) is 0 Å². The van der Waals surface area contributed by atoms with Crippen LogP contribution in [-0.4, -0.2) is 16.1 Å². The number of carboxylic acids is 1. The molecule has 112 valence electrons. The molecular formula is C16H14N2O3S. The Morgan fingerprint density at radius 3 is 2.95 bits per heavy atom. The second-order valence-electron chi connectivity index (χ2n) is 5.16. The fraction of sp³-hybridized carbons (Fsp3) is 0.312. The van der Waals surface area contributed by atoms with Crippen LogP contribution in [0.15, 0.2) is 27.8 Å². The average Bonchev–Trinajstić information content (AvgIpc) is 3.01. The van der Waals surface area contributed by atoms with Crippen molar-refractivity contribution in [1.82, 2.24) is 4.98 Å². The van der Waals surface area contributed by atoms with Crippen molar-refractivity contribution in [2.45, 2.75) is 36.5 Å². The summed E-state index contributed by atoms with van der Waals surface area (Å²) in [5.74, 6) is 0.00345. The van der Waals surface area contributed by atoms with Crippen LogP contribution in [0.3, 0.4) is 0 Å². The molecule has 1 aliphatic carbocycles. The Kier molecular flexibility index (Phi) is 4.16. The number of hydrogen-bond donors (Lipinski definition) is 1. The van der Waals surface area contributed by atoms with Crippen LogP contribution in [0.5, 0.6) is 0 Å². The van der Waals surface area contributed by atoms with Crippen molar-refractivity contribution in [2.24, 2.45) is 0 Å². The van der Waals surface area contributed by atoms with Gasteiger partial charge in [-0.05, 0) is 43.4 Å². The zero-order chi connectivity index (χ0) is 15.5. The molecule has 0 amide bonds. The summed E-state index contributed by atoms with van der Waals surface area (Å²) in [7, 11) is 0. The summed E-state index contributed by atoms with van der Waals surface area (Å²) in [6.45, 7) is 0. The number of carboxylic acid groups (broad SMARTS) is 1. The molecule has 2 aromatic heterocycles. The van der Waals surface area contributed by atoms with Crippen LogP contribution in [0.1, 0.15) is 45.8 Å². The fourth-order valence-corrected chi connectivity index (χ4v) is 3.38. The van der Waals surface area contributed by atoms with Gasteiger partial charge in [0.05, 0.1) is 16.9 Å². The van der Waals surface area contributed by atoms with Gasteiger partial charge in [-0.25, -0.2) is 9.78 Å². The number of fused-ring (bicyclic) bond motifs is 1. The summed E-state index contributed by atoms with van der Waals surface area (Å²) >= 11 is 1.40. The van der Waals surface area contributed by atoms with Gasteiger partial charge in [-0.1, -0.05) is 11.8 Å². The van der Waals surface area contributed by atoms with Crippen LogP contribution in [0.2, 0.25) is 0 Å².